The number of para-hydroxylation sites is 1. The van der Waals surface area contributed by atoms with Crippen molar-refractivity contribution in [3.63, 3.8) is 0 Å². The first-order valence-corrected chi connectivity index (χ1v) is 5.29. The van der Waals surface area contributed by atoms with Gasteiger partial charge in [0.1, 0.15) is 11.9 Å². The maximum absolute atomic E-state index is 5.94. The average Bonchev–Trinajstić information content (AvgIpc) is 2.54. The van der Waals surface area contributed by atoms with E-state index in [-0.39, 0.29) is 0 Å². The van der Waals surface area contributed by atoms with E-state index in [1.165, 1.54) is 18.5 Å². The van der Waals surface area contributed by atoms with E-state index in [4.69, 9.17) is 4.74 Å². The molecule has 0 aromatic heterocycles. The molecule has 14 heavy (non-hydrogen) atoms. The van der Waals surface area contributed by atoms with Crippen LogP contribution in [0.4, 0.5) is 0 Å². The van der Waals surface area contributed by atoms with Gasteiger partial charge in [-0.15, -0.1) is 0 Å². The molecule has 1 aromatic rings. The molecule has 0 spiro atoms. The van der Waals surface area contributed by atoms with E-state index in [0.29, 0.717) is 12.0 Å². The van der Waals surface area contributed by atoms with E-state index in [1.807, 2.05) is 0 Å². The van der Waals surface area contributed by atoms with Crippen LogP contribution in [0.25, 0.3) is 0 Å². The van der Waals surface area contributed by atoms with E-state index in [1.54, 1.807) is 0 Å². The Morgan fingerprint density at radius 3 is 3.14 bits per heavy atom. The van der Waals surface area contributed by atoms with Crippen molar-refractivity contribution in [2.75, 3.05) is 20.1 Å². The summed E-state index contributed by atoms with van der Waals surface area (Å²) in [6.45, 7) is 2.26. The number of hydrogen-bond acceptors (Lipinski definition) is 2. The molecule has 2 nitrogen and oxygen atoms in total. The lowest BCUT2D eigenvalue weighted by atomic mass is 9.89. The molecule has 1 aromatic carbocycles. The summed E-state index contributed by atoms with van der Waals surface area (Å²) < 4.78 is 5.94. The van der Waals surface area contributed by atoms with Crippen LogP contribution in [0.5, 0.6) is 5.75 Å². The number of nitrogens with zero attached hydrogens (tertiary/aromatic N) is 1. The Kier molecular flexibility index (Phi) is 1.77. The molecular formula is C12H15NO. The quantitative estimate of drug-likeness (QED) is 0.617. The molecule has 2 atom stereocenters. The smallest absolute Gasteiger partial charge is 0.123 e. The summed E-state index contributed by atoms with van der Waals surface area (Å²) in [6, 6.07) is 8.47. The molecule has 3 rings (SSSR count). The minimum Gasteiger partial charge on any atom is -0.488 e. The van der Waals surface area contributed by atoms with Gasteiger partial charge in [0.15, 0.2) is 0 Å². The second-order valence-corrected chi connectivity index (χ2v) is 4.35. The van der Waals surface area contributed by atoms with Crippen LogP contribution in [0.2, 0.25) is 0 Å². The Morgan fingerprint density at radius 2 is 2.21 bits per heavy atom. The molecule has 1 fully saturated rings. The zero-order chi connectivity index (χ0) is 9.54. The minimum absolute atomic E-state index is 0.395. The van der Waals surface area contributed by atoms with Crippen LogP contribution in [0.1, 0.15) is 17.9 Å². The standard InChI is InChI=1S/C12H15NO/c1-13-7-6-10-9-4-2-3-5-11(9)14-12(10)8-13/h2-5,10,12H,6-8H2,1H3/t10-,12-/m1/s1. The predicted octanol–water partition coefficient (Wildman–Crippen LogP) is 1.87. The van der Waals surface area contributed by atoms with Crippen LogP contribution in [0.15, 0.2) is 24.3 Å². The fourth-order valence-corrected chi connectivity index (χ4v) is 2.60. The fraction of sp³-hybridized carbons (Fsp3) is 0.500. The molecule has 2 heteroatoms. The molecule has 1 saturated heterocycles. The molecule has 0 unspecified atom stereocenters. The van der Waals surface area contributed by atoms with Crippen molar-refractivity contribution in [1.82, 2.24) is 4.90 Å². The van der Waals surface area contributed by atoms with E-state index in [2.05, 4.69) is 36.2 Å². The molecular weight excluding hydrogens is 174 g/mol. The van der Waals surface area contributed by atoms with Gasteiger partial charge in [-0.05, 0) is 26.1 Å². The van der Waals surface area contributed by atoms with Gasteiger partial charge in [-0.1, -0.05) is 18.2 Å². The SMILES string of the molecule is CN1CC[C@@H]2c3ccccc3O[C@@H]2C1. The Labute approximate surface area is 84.5 Å². The Morgan fingerprint density at radius 1 is 1.36 bits per heavy atom. The van der Waals surface area contributed by atoms with Crippen molar-refractivity contribution < 1.29 is 4.74 Å². The summed E-state index contributed by atoms with van der Waals surface area (Å²) in [5.74, 6) is 1.75. The van der Waals surface area contributed by atoms with Gasteiger partial charge in [0.05, 0.1) is 0 Å². The van der Waals surface area contributed by atoms with E-state index in [0.717, 1.165) is 12.3 Å². The van der Waals surface area contributed by atoms with Crippen LogP contribution < -0.4 is 4.74 Å². The van der Waals surface area contributed by atoms with Crippen LogP contribution in [-0.2, 0) is 0 Å². The predicted molar refractivity (Wildman–Crippen MR) is 55.7 cm³/mol. The maximum Gasteiger partial charge on any atom is 0.123 e. The Balaban J connectivity index is 1.94. The Hall–Kier alpha value is -1.02. The maximum atomic E-state index is 5.94. The lowest BCUT2D eigenvalue weighted by molar-refractivity contribution is 0.109. The van der Waals surface area contributed by atoms with Crippen LogP contribution in [-0.4, -0.2) is 31.1 Å². The Bertz CT molecular complexity index is 350. The van der Waals surface area contributed by atoms with Crippen molar-refractivity contribution in [2.45, 2.75) is 18.4 Å². The van der Waals surface area contributed by atoms with Gasteiger partial charge in [0.25, 0.3) is 0 Å². The highest BCUT2D eigenvalue weighted by Gasteiger charge is 2.37. The van der Waals surface area contributed by atoms with Crippen molar-refractivity contribution >= 4 is 0 Å². The van der Waals surface area contributed by atoms with Crippen molar-refractivity contribution in [3.05, 3.63) is 29.8 Å². The monoisotopic (exact) mass is 189 g/mol. The van der Waals surface area contributed by atoms with Crippen LogP contribution >= 0.6 is 0 Å². The number of likely N-dealkylation sites (tertiary alicyclic amines) is 1. The molecule has 0 bridgehead atoms. The topological polar surface area (TPSA) is 12.5 Å². The van der Waals surface area contributed by atoms with Crippen LogP contribution in [0.3, 0.4) is 0 Å². The van der Waals surface area contributed by atoms with E-state index >= 15 is 0 Å². The molecule has 0 aliphatic carbocycles. The number of ether oxygens (including phenoxy) is 1. The van der Waals surface area contributed by atoms with Gasteiger partial charge in [0, 0.05) is 18.0 Å². The zero-order valence-corrected chi connectivity index (χ0v) is 8.44. The molecule has 2 aliphatic rings. The van der Waals surface area contributed by atoms with Crippen molar-refractivity contribution in [2.24, 2.45) is 0 Å². The molecule has 74 valence electrons. The summed E-state index contributed by atoms with van der Waals surface area (Å²) in [6.07, 6.45) is 1.63. The fourth-order valence-electron chi connectivity index (χ4n) is 2.60. The minimum atomic E-state index is 0.395. The highest BCUT2D eigenvalue weighted by atomic mass is 16.5. The summed E-state index contributed by atoms with van der Waals surface area (Å²) in [4.78, 5) is 2.35. The third-order valence-corrected chi connectivity index (χ3v) is 3.36. The van der Waals surface area contributed by atoms with E-state index < -0.39 is 0 Å². The van der Waals surface area contributed by atoms with Crippen LogP contribution in [0, 0.1) is 0 Å². The largest absolute Gasteiger partial charge is 0.488 e. The molecule has 2 heterocycles. The third kappa shape index (κ3) is 1.14. The summed E-state index contributed by atoms with van der Waals surface area (Å²) in [7, 11) is 2.17. The number of rotatable bonds is 0. The molecule has 0 saturated carbocycles. The second-order valence-electron chi connectivity index (χ2n) is 4.35. The first-order valence-electron chi connectivity index (χ1n) is 5.29. The van der Waals surface area contributed by atoms with Gasteiger partial charge < -0.3 is 9.64 Å². The third-order valence-electron chi connectivity index (χ3n) is 3.36. The first kappa shape index (κ1) is 8.30. The summed E-state index contributed by atoms with van der Waals surface area (Å²) in [5.41, 5.74) is 1.42. The van der Waals surface area contributed by atoms with E-state index in [9.17, 15) is 0 Å². The highest BCUT2D eigenvalue weighted by molar-refractivity contribution is 5.41. The first-order chi connectivity index (χ1) is 6.84. The van der Waals surface area contributed by atoms with Gasteiger partial charge in [0.2, 0.25) is 0 Å². The highest BCUT2D eigenvalue weighted by Crippen LogP contribution is 2.41. The zero-order valence-electron chi connectivity index (χ0n) is 8.44. The summed E-state index contributed by atoms with van der Waals surface area (Å²) in [5, 5.41) is 0. The summed E-state index contributed by atoms with van der Waals surface area (Å²) >= 11 is 0. The van der Waals surface area contributed by atoms with Crippen molar-refractivity contribution in [1.29, 1.82) is 0 Å². The average molecular weight is 189 g/mol. The lowest BCUT2D eigenvalue weighted by Gasteiger charge is -2.31. The molecule has 0 amide bonds. The van der Waals surface area contributed by atoms with Gasteiger partial charge in [-0.25, -0.2) is 0 Å². The number of likely N-dealkylation sites (N-methyl/N-ethyl adjacent to an activating group) is 1. The normalized spacial score (nSPS) is 30.6. The van der Waals surface area contributed by atoms with Gasteiger partial charge >= 0.3 is 0 Å². The molecule has 0 radical (unpaired) electrons. The second kappa shape index (κ2) is 2.99. The number of hydrogen-bond donors (Lipinski definition) is 0. The van der Waals surface area contributed by atoms with Gasteiger partial charge in [-0.2, -0.15) is 0 Å². The molecule has 2 aliphatic heterocycles. The lowest BCUT2D eigenvalue weighted by Crippen LogP contribution is -2.40. The number of benzene rings is 1. The number of fused-ring (bicyclic) bond motifs is 3. The van der Waals surface area contributed by atoms with Gasteiger partial charge in [-0.3, -0.25) is 0 Å². The molecule has 0 N–H and O–H groups in total. The van der Waals surface area contributed by atoms with Crippen molar-refractivity contribution in [3.8, 4) is 5.75 Å². The number of piperidine rings is 1.